The van der Waals surface area contributed by atoms with Gasteiger partial charge in [-0.25, -0.2) is 8.42 Å². The van der Waals surface area contributed by atoms with E-state index in [0.29, 0.717) is 11.4 Å². The zero-order chi connectivity index (χ0) is 14.8. The summed E-state index contributed by atoms with van der Waals surface area (Å²) >= 11 is 0. The zero-order valence-electron chi connectivity index (χ0n) is 11.8. The molecule has 0 aliphatic carbocycles. The summed E-state index contributed by atoms with van der Waals surface area (Å²) in [6, 6.07) is 0. The first-order valence-corrected chi connectivity index (χ1v) is 7.26. The van der Waals surface area contributed by atoms with Crippen LogP contribution < -0.4 is 0 Å². The first-order chi connectivity index (χ1) is 8.75. The summed E-state index contributed by atoms with van der Waals surface area (Å²) in [6.07, 6.45) is 0. The van der Waals surface area contributed by atoms with Crippen molar-refractivity contribution in [3.05, 3.63) is 11.4 Å². The van der Waals surface area contributed by atoms with E-state index in [1.165, 1.54) is 11.8 Å². The number of esters is 1. The van der Waals surface area contributed by atoms with E-state index in [4.69, 9.17) is 0 Å². The Morgan fingerprint density at radius 2 is 2.00 bits per heavy atom. The number of hydrogen-bond donors (Lipinski definition) is 0. The van der Waals surface area contributed by atoms with Crippen molar-refractivity contribution in [3.8, 4) is 0 Å². The Balaban J connectivity index is 3.25. The summed E-state index contributed by atoms with van der Waals surface area (Å²) in [6.45, 7) is 4.86. The molecule has 0 saturated carbocycles. The van der Waals surface area contributed by atoms with Crippen molar-refractivity contribution >= 4 is 16.0 Å². The minimum Gasteiger partial charge on any atom is -0.468 e. The van der Waals surface area contributed by atoms with Crippen LogP contribution in [0.1, 0.15) is 18.3 Å². The third kappa shape index (κ3) is 2.95. The summed E-state index contributed by atoms with van der Waals surface area (Å²) in [7, 11) is -0.844. The van der Waals surface area contributed by atoms with Gasteiger partial charge in [0.25, 0.3) is 0 Å². The maximum absolute atomic E-state index is 12.5. The maximum atomic E-state index is 12.5. The van der Waals surface area contributed by atoms with Gasteiger partial charge in [0.15, 0.2) is 0 Å². The molecule has 0 amide bonds. The standard InChI is InChI=1S/C11H19N3O4S/c1-6-14(7-10(15)18-5)19(16,17)11-8(2)12-13(4)9(11)3/h6-7H2,1-5H3. The van der Waals surface area contributed by atoms with E-state index < -0.39 is 16.0 Å². The molecule has 0 fully saturated rings. The summed E-state index contributed by atoms with van der Waals surface area (Å²) in [5, 5.41) is 4.09. The third-order valence-electron chi connectivity index (χ3n) is 2.93. The molecular weight excluding hydrogens is 270 g/mol. The van der Waals surface area contributed by atoms with Gasteiger partial charge in [0.2, 0.25) is 10.0 Å². The number of sulfonamides is 1. The molecule has 0 N–H and O–H groups in total. The van der Waals surface area contributed by atoms with Crippen molar-refractivity contribution in [2.75, 3.05) is 20.2 Å². The van der Waals surface area contributed by atoms with Crippen molar-refractivity contribution in [1.82, 2.24) is 14.1 Å². The second-order valence-electron chi connectivity index (χ2n) is 4.13. The van der Waals surface area contributed by atoms with E-state index in [1.807, 2.05) is 0 Å². The predicted octanol–water partition coefficient (Wildman–Crippen LogP) is 0.221. The molecule has 0 aromatic carbocycles. The van der Waals surface area contributed by atoms with Gasteiger partial charge in [-0.15, -0.1) is 0 Å². The Hall–Kier alpha value is -1.41. The molecule has 7 nitrogen and oxygen atoms in total. The number of rotatable bonds is 5. The molecular formula is C11H19N3O4S. The lowest BCUT2D eigenvalue weighted by molar-refractivity contribution is -0.140. The van der Waals surface area contributed by atoms with Crippen LogP contribution >= 0.6 is 0 Å². The molecule has 0 spiro atoms. The first kappa shape index (κ1) is 15.6. The summed E-state index contributed by atoms with van der Waals surface area (Å²) in [4.78, 5) is 11.4. The summed E-state index contributed by atoms with van der Waals surface area (Å²) in [5.41, 5.74) is 0.962. The van der Waals surface area contributed by atoms with Crippen molar-refractivity contribution in [2.24, 2.45) is 7.05 Å². The van der Waals surface area contributed by atoms with E-state index in [0.717, 1.165) is 4.31 Å². The van der Waals surface area contributed by atoms with Gasteiger partial charge in [0.1, 0.15) is 11.4 Å². The van der Waals surface area contributed by atoms with Gasteiger partial charge in [-0.05, 0) is 13.8 Å². The van der Waals surface area contributed by atoms with E-state index in [-0.39, 0.29) is 18.0 Å². The Morgan fingerprint density at radius 1 is 1.42 bits per heavy atom. The molecule has 108 valence electrons. The van der Waals surface area contributed by atoms with Crippen LogP contribution in [0.4, 0.5) is 0 Å². The van der Waals surface area contributed by atoms with Crippen LogP contribution in [0.3, 0.4) is 0 Å². The lowest BCUT2D eigenvalue weighted by Gasteiger charge is -2.19. The van der Waals surface area contributed by atoms with E-state index in [1.54, 1.807) is 27.8 Å². The zero-order valence-corrected chi connectivity index (χ0v) is 12.6. The van der Waals surface area contributed by atoms with E-state index in [9.17, 15) is 13.2 Å². The molecule has 0 radical (unpaired) electrons. The number of ether oxygens (including phenoxy) is 1. The van der Waals surface area contributed by atoms with Gasteiger partial charge >= 0.3 is 5.97 Å². The fourth-order valence-corrected chi connectivity index (χ4v) is 3.62. The number of aromatic nitrogens is 2. The summed E-state index contributed by atoms with van der Waals surface area (Å²) < 4.78 is 32.2. The first-order valence-electron chi connectivity index (χ1n) is 5.82. The SMILES string of the molecule is CCN(CC(=O)OC)S(=O)(=O)c1c(C)nn(C)c1C. The van der Waals surface area contributed by atoms with Crippen LogP contribution in [-0.4, -0.2) is 48.7 Å². The highest BCUT2D eigenvalue weighted by Crippen LogP contribution is 2.22. The molecule has 0 bridgehead atoms. The molecule has 1 rings (SSSR count). The monoisotopic (exact) mass is 289 g/mol. The molecule has 0 atom stereocenters. The van der Waals surface area contributed by atoms with Crippen LogP contribution in [0, 0.1) is 13.8 Å². The molecule has 8 heteroatoms. The largest absolute Gasteiger partial charge is 0.468 e. The number of hydrogen-bond acceptors (Lipinski definition) is 5. The van der Waals surface area contributed by atoms with Crippen LogP contribution in [-0.2, 0) is 26.6 Å². The number of nitrogens with zero attached hydrogens (tertiary/aromatic N) is 3. The Kier molecular flexibility index (Phi) is 4.70. The predicted molar refractivity (Wildman–Crippen MR) is 69.1 cm³/mol. The topological polar surface area (TPSA) is 81.5 Å². The molecule has 0 unspecified atom stereocenters. The molecule has 0 aliphatic rings. The quantitative estimate of drug-likeness (QED) is 0.724. The van der Waals surface area contributed by atoms with Gasteiger partial charge in [-0.2, -0.15) is 9.40 Å². The van der Waals surface area contributed by atoms with Gasteiger partial charge < -0.3 is 4.74 Å². The van der Waals surface area contributed by atoms with E-state index in [2.05, 4.69) is 9.84 Å². The van der Waals surface area contributed by atoms with Crippen molar-refractivity contribution in [3.63, 3.8) is 0 Å². The number of aryl methyl sites for hydroxylation is 2. The highest BCUT2D eigenvalue weighted by Gasteiger charge is 2.31. The second kappa shape index (κ2) is 5.70. The fraction of sp³-hybridized carbons (Fsp3) is 0.636. The Bertz CT molecular complexity index is 577. The number of likely N-dealkylation sites (N-methyl/N-ethyl adjacent to an activating group) is 1. The lowest BCUT2D eigenvalue weighted by Crippen LogP contribution is -2.36. The average Bonchev–Trinajstić information content (AvgIpc) is 2.59. The lowest BCUT2D eigenvalue weighted by atomic mass is 10.4. The van der Waals surface area contributed by atoms with Crippen molar-refractivity contribution < 1.29 is 17.9 Å². The molecule has 1 heterocycles. The smallest absolute Gasteiger partial charge is 0.321 e. The van der Waals surface area contributed by atoms with Gasteiger partial charge in [0.05, 0.1) is 18.5 Å². The number of carbonyl (C=O) groups excluding carboxylic acids is 1. The fourth-order valence-electron chi connectivity index (χ4n) is 1.83. The minimum atomic E-state index is -3.75. The van der Waals surface area contributed by atoms with Crippen molar-refractivity contribution in [2.45, 2.75) is 25.7 Å². The van der Waals surface area contributed by atoms with Crippen LogP contribution in [0.2, 0.25) is 0 Å². The van der Waals surface area contributed by atoms with E-state index >= 15 is 0 Å². The highest BCUT2D eigenvalue weighted by atomic mass is 32.2. The van der Waals surface area contributed by atoms with Gasteiger partial charge in [-0.3, -0.25) is 9.48 Å². The Labute approximate surface area is 113 Å². The Morgan fingerprint density at radius 3 is 2.37 bits per heavy atom. The summed E-state index contributed by atoms with van der Waals surface area (Å²) in [5.74, 6) is -0.593. The molecule has 1 aromatic heterocycles. The third-order valence-corrected chi connectivity index (χ3v) is 5.10. The van der Waals surface area contributed by atoms with Crippen LogP contribution in [0.15, 0.2) is 4.90 Å². The number of carbonyl (C=O) groups is 1. The number of methoxy groups -OCH3 is 1. The molecule has 0 aliphatic heterocycles. The maximum Gasteiger partial charge on any atom is 0.321 e. The molecule has 0 saturated heterocycles. The van der Waals surface area contributed by atoms with Crippen molar-refractivity contribution in [1.29, 1.82) is 0 Å². The molecule has 1 aromatic rings. The molecule has 19 heavy (non-hydrogen) atoms. The second-order valence-corrected chi connectivity index (χ2v) is 6.01. The van der Waals surface area contributed by atoms with Crippen LogP contribution in [0.5, 0.6) is 0 Å². The van der Waals surface area contributed by atoms with Crippen LogP contribution in [0.25, 0.3) is 0 Å². The average molecular weight is 289 g/mol. The normalized spacial score (nSPS) is 11.9. The minimum absolute atomic E-state index is 0.153. The highest BCUT2D eigenvalue weighted by molar-refractivity contribution is 7.89. The van der Waals surface area contributed by atoms with Gasteiger partial charge in [-0.1, -0.05) is 6.92 Å². The van der Waals surface area contributed by atoms with Gasteiger partial charge in [0, 0.05) is 13.6 Å².